The number of thiazole rings is 1. The molecule has 0 aliphatic carbocycles. The number of aromatic nitrogens is 1. The third kappa shape index (κ3) is 2.09. The van der Waals surface area contributed by atoms with E-state index in [1.54, 1.807) is 12.1 Å². The lowest BCUT2D eigenvalue weighted by molar-refractivity contribution is 1.30. The van der Waals surface area contributed by atoms with Crippen molar-refractivity contribution in [3.05, 3.63) is 33.3 Å². The molecular formula is C10H8Cl2N2S. The van der Waals surface area contributed by atoms with Gasteiger partial charge in [-0.25, -0.2) is 4.98 Å². The van der Waals surface area contributed by atoms with Gasteiger partial charge in [0.1, 0.15) is 10.7 Å². The lowest BCUT2D eigenvalue weighted by Crippen LogP contribution is -1.85. The summed E-state index contributed by atoms with van der Waals surface area (Å²) >= 11 is 13.2. The lowest BCUT2D eigenvalue weighted by atomic mass is 10.2. The molecule has 0 atom stereocenters. The molecule has 2 rings (SSSR count). The summed E-state index contributed by atoms with van der Waals surface area (Å²) in [5, 5.41) is 2.68. The molecule has 0 spiro atoms. The fourth-order valence-corrected chi connectivity index (χ4v) is 2.31. The molecule has 1 aromatic heterocycles. The van der Waals surface area contributed by atoms with Crippen LogP contribution in [0.25, 0.3) is 11.3 Å². The standard InChI is InChI=1S/C10H8Cl2N2S/c1-5-14-9(10(13)15-5)6-2-3-7(11)8(12)4-6/h2-4H,13H2,1H3. The van der Waals surface area contributed by atoms with Crippen LogP contribution in [0.1, 0.15) is 5.01 Å². The van der Waals surface area contributed by atoms with Crippen molar-refractivity contribution in [2.45, 2.75) is 6.92 Å². The number of nitrogens with zero attached hydrogens (tertiary/aromatic N) is 1. The number of nitrogen functional groups attached to an aromatic ring is 1. The van der Waals surface area contributed by atoms with Crippen LogP contribution in [-0.4, -0.2) is 4.98 Å². The first kappa shape index (κ1) is 10.7. The molecule has 1 aromatic carbocycles. The molecular weight excluding hydrogens is 251 g/mol. The van der Waals surface area contributed by atoms with Crippen molar-refractivity contribution in [2.75, 3.05) is 5.73 Å². The number of nitrogens with two attached hydrogens (primary N) is 1. The minimum Gasteiger partial charge on any atom is -0.389 e. The Morgan fingerprint density at radius 1 is 1.27 bits per heavy atom. The zero-order chi connectivity index (χ0) is 11.0. The molecule has 1 heterocycles. The van der Waals surface area contributed by atoms with Crippen molar-refractivity contribution in [3.8, 4) is 11.3 Å². The van der Waals surface area contributed by atoms with Gasteiger partial charge in [-0.2, -0.15) is 0 Å². The van der Waals surface area contributed by atoms with E-state index < -0.39 is 0 Å². The summed E-state index contributed by atoms with van der Waals surface area (Å²) in [6.07, 6.45) is 0. The maximum atomic E-state index is 5.93. The van der Waals surface area contributed by atoms with Gasteiger partial charge in [0.2, 0.25) is 0 Å². The predicted octanol–water partition coefficient (Wildman–Crippen LogP) is 4.01. The Morgan fingerprint density at radius 3 is 2.53 bits per heavy atom. The van der Waals surface area contributed by atoms with Gasteiger partial charge in [0.15, 0.2) is 0 Å². The maximum absolute atomic E-state index is 5.93. The first-order valence-electron chi connectivity index (χ1n) is 4.26. The Hall–Kier alpha value is -0.770. The molecule has 0 saturated carbocycles. The minimum absolute atomic E-state index is 0.513. The molecule has 0 fully saturated rings. The Bertz CT molecular complexity index is 508. The Kier molecular flexibility index (Phi) is 2.87. The van der Waals surface area contributed by atoms with Crippen LogP contribution in [0.15, 0.2) is 18.2 Å². The summed E-state index contributed by atoms with van der Waals surface area (Å²) in [6.45, 7) is 1.92. The quantitative estimate of drug-likeness (QED) is 0.840. The van der Waals surface area contributed by atoms with E-state index in [1.807, 2.05) is 13.0 Å². The first-order valence-corrected chi connectivity index (χ1v) is 5.83. The Balaban J connectivity index is 2.54. The zero-order valence-electron chi connectivity index (χ0n) is 7.92. The van der Waals surface area contributed by atoms with Gasteiger partial charge in [-0.15, -0.1) is 11.3 Å². The summed E-state index contributed by atoms with van der Waals surface area (Å²) in [4.78, 5) is 4.34. The number of benzene rings is 1. The molecule has 5 heteroatoms. The van der Waals surface area contributed by atoms with Crippen LogP contribution >= 0.6 is 34.5 Å². The number of rotatable bonds is 1. The summed E-state index contributed by atoms with van der Waals surface area (Å²) in [5.41, 5.74) is 7.51. The van der Waals surface area contributed by atoms with Gasteiger partial charge in [0.05, 0.1) is 15.1 Å². The molecule has 0 amide bonds. The number of halogens is 2. The van der Waals surface area contributed by atoms with E-state index in [2.05, 4.69) is 4.98 Å². The highest BCUT2D eigenvalue weighted by Gasteiger charge is 2.09. The smallest absolute Gasteiger partial charge is 0.114 e. The summed E-state index contributed by atoms with van der Waals surface area (Å²) < 4.78 is 0. The van der Waals surface area contributed by atoms with Gasteiger partial charge >= 0.3 is 0 Å². The van der Waals surface area contributed by atoms with Gasteiger partial charge in [0.25, 0.3) is 0 Å². The van der Waals surface area contributed by atoms with Crippen LogP contribution in [-0.2, 0) is 0 Å². The minimum atomic E-state index is 0.513. The van der Waals surface area contributed by atoms with Crippen molar-refractivity contribution < 1.29 is 0 Å². The fourth-order valence-electron chi connectivity index (χ4n) is 1.29. The molecule has 2 N–H and O–H groups in total. The Morgan fingerprint density at radius 2 is 2.00 bits per heavy atom. The van der Waals surface area contributed by atoms with E-state index in [-0.39, 0.29) is 0 Å². The molecule has 0 aliphatic rings. The highest BCUT2D eigenvalue weighted by atomic mass is 35.5. The van der Waals surface area contributed by atoms with Gasteiger partial charge in [0, 0.05) is 5.56 Å². The first-order chi connectivity index (χ1) is 7.08. The molecule has 0 saturated heterocycles. The molecule has 0 bridgehead atoms. The van der Waals surface area contributed by atoms with E-state index >= 15 is 0 Å². The number of hydrogen-bond acceptors (Lipinski definition) is 3. The topological polar surface area (TPSA) is 38.9 Å². The normalized spacial score (nSPS) is 10.6. The van der Waals surface area contributed by atoms with Crippen molar-refractivity contribution in [3.63, 3.8) is 0 Å². The van der Waals surface area contributed by atoms with E-state index in [1.165, 1.54) is 11.3 Å². The van der Waals surface area contributed by atoms with Crippen molar-refractivity contribution >= 4 is 39.5 Å². The van der Waals surface area contributed by atoms with Crippen LogP contribution < -0.4 is 5.73 Å². The molecule has 15 heavy (non-hydrogen) atoms. The Labute approximate surface area is 102 Å². The molecule has 0 radical (unpaired) electrons. The second kappa shape index (κ2) is 4.00. The van der Waals surface area contributed by atoms with Crippen molar-refractivity contribution in [2.24, 2.45) is 0 Å². The monoisotopic (exact) mass is 258 g/mol. The number of hydrogen-bond donors (Lipinski definition) is 1. The van der Waals surface area contributed by atoms with E-state index in [0.29, 0.717) is 15.0 Å². The SMILES string of the molecule is Cc1nc(-c2ccc(Cl)c(Cl)c2)c(N)s1. The van der Waals surface area contributed by atoms with Crippen molar-refractivity contribution in [1.29, 1.82) is 0 Å². The summed E-state index contributed by atoms with van der Waals surface area (Å²) in [6, 6.07) is 5.38. The predicted molar refractivity (Wildman–Crippen MR) is 66.7 cm³/mol. The highest BCUT2D eigenvalue weighted by Crippen LogP contribution is 2.33. The second-order valence-electron chi connectivity index (χ2n) is 3.07. The van der Waals surface area contributed by atoms with Crippen LogP contribution in [0, 0.1) is 6.92 Å². The third-order valence-electron chi connectivity index (χ3n) is 1.95. The second-order valence-corrected chi connectivity index (χ2v) is 5.12. The zero-order valence-corrected chi connectivity index (χ0v) is 10.2. The molecule has 2 nitrogen and oxygen atoms in total. The average Bonchev–Trinajstić information content (AvgIpc) is 2.50. The maximum Gasteiger partial charge on any atom is 0.114 e. The van der Waals surface area contributed by atoms with Crippen molar-refractivity contribution in [1.82, 2.24) is 4.98 Å². The van der Waals surface area contributed by atoms with Crippen LogP contribution in [0.2, 0.25) is 10.0 Å². The highest BCUT2D eigenvalue weighted by molar-refractivity contribution is 7.16. The third-order valence-corrected chi connectivity index (χ3v) is 3.49. The van der Waals surface area contributed by atoms with Gasteiger partial charge in [-0.3, -0.25) is 0 Å². The van der Waals surface area contributed by atoms with Gasteiger partial charge in [-0.05, 0) is 19.1 Å². The van der Waals surface area contributed by atoms with Gasteiger partial charge < -0.3 is 5.73 Å². The molecule has 0 unspecified atom stereocenters. The van der Waals surface area contributed by atoms with E-state index in [4.69, 9.17) is 28.9 Å². The number of aryl methyl sites for hydroxylation is 1. The van der Waals surface area contributed by atoms with Crippen LogP contribution in [0.3, 0.4) is 0 Å². The van der Waals surface area contributed by atoms with Gasteiger partial charge in [-0.1, -0.05) is 29.3 Å². The molecule has 0 aliphatic heterocycles. The summed E-state index contributed by atoms with van der Waals surface area (Å²) in [5.74, 6) is 0. The summed E-state index contributed by atoms with van der Waals surface area (Å²) in [7, 11) is 0. The largest absolute Gasteiger partial charge is 0.389 e. The lowest BCUT2D eigenvalue weighted by Gasteiger charge is -2.00. The van der Waals surface area contributed by atoms with Crippen LogP contribution in [0.5, 0.6) is 0 Å². The molecule has 78 valence electrons. The van der Waals surface area contributed by atoms with E-state index in [9.17, 15) is 0 Å². The molecule has 2 aromatic rings. The number of anilines is 1. The van der Waals surface area contributed by atoms with E-state index in [0.717, 1.165) is 16.3 Å². The van der Waals surface area contributed by atoms with Crippen LogP contribution in [0.4, 0.5) is 5.00 Å². The fraction of sp³-hybridized carbons (Fsp3) is 0.100. The average molecular weight is 259 g/mol.